The van der Waals surface area contributed by atoms with E-state index in [9.17, 15) is 9.59 Å². The van der Waals surface area contributed by atoms with E-state index in [1.165, 1.54) is 0 Å². The molecule has 0 aromatic carbocycles. The fourth-order valence-electron chi connectivity index (χ4n) is 1.93. The summed E-state index contributed by atoms with van der Waals surface area (Å²) in [7, 11) is 0. The van der Waals surface area contributed by atoms with Crippen LogP contribution >= 0.6 is 0 Å². The van der Waals surface area contributed by atoms with Crippen LogP contribution in [0.2, 0.25) is 0 Å². The molecule has 0 bridgehead atoms. The Balaban J connectivity index is 3.79. The second kappa shape index (κ2) is 8.95. The van der Waals surface area contributed by atoms with Gasteiger partial charge in [0.15, 0.2) is 0 Å². The molecule has 0 aromatic rings. The van der Waals surface area contributed by atoms with Crippen LogP contribution in [0.25, 0.3) is 0 Å². The molecule has 0 rings (SSSR count). The Labute approximate surface area is 122 Å². The van der Waals surface area contributed by atoms with E-state index in [2.05, 4.69) is 10.6 Å². The lowest BCUT2D eigenvalue weighted by molar-refractivity contribution is -0.140. The smallest absolute Gasteiger partial charge is 0.320 e. The van der Waals surface area contributed by atoms with Crippen LogP contribution < -0.4 is 10.6 Å². The lowest BCUT2D eigenvalue weighted by Gasteiger charge is -2.18. The fourth-order valence-corrected chi connectivity index (χ4v) is 1.93. The number of aliphatic carboxylic acids is 1. The first-order chi connectivity index (χ1) is 9.11. The van der Waals surface area contributed by atoms with Gasteiger partial charge in [-0.1, -0.05) is 34.6 Å². The van der Waals surface area contributed by atoms with E-state index >= 15 is 0 Å². The van der Waals surface area contributed by atoms with Gasteiger partial charge in [0.2, 0.25) is 5.91 Å². The Hall–Kier alpha value is -1.10. The maximum Gasteiger partial charge on any atom is 0.320 e. The van der Waals surface area contributed by atoms with Crippen molar-refractivity contribution in [1.82, 2.24) is 10.6 Å². The Kier molecular flexibility index (Phi) is 8.46. The highest BCUT2D eigenvalue weighted by Crippen LogP contribution is 2.17. The van der Waals surface area contributed by atoms with Crippen LogP contribution in [0.4, 0.5) is 0 Å². The van der Waals surface area contributed by atoms with Crippen molar-refractivity contribution in [2.75, 3.05) is 6.54 Å². The fraction of sp³-hybridized carbons (Fsp3) is 0.867. The summed E-state index contributed by atoms with van der Waals surface area (Å²) in [6.45, 7) is 10.6. The molecule has 0 saturated heterocycles. The zero-order chi connectivity index (χ0) is 15.8. The van der Waals surface area contributed by atoms with E-state index in [0.717, 1.165) is 12.8 Å². The highest BCUT2D eigenvalue weighted by Gasteiger charge is 2.18. The Bertz CT molecular complexity index is 309. The zero-order valence-electron chi connectivity index (χ0n) is 13.5. The summed E-state index contributed by atoms with van der Waals surface area (Å²) in [4.78, 5) is 22.6. The quantitative estimate of drug-likeness (QED) is 0.568. The Morgan fingerprint density at radius 3 is 2.20 bits per heavy atom. The van der Waals surface area contributed by atoms with Crippen molar-refractivity contribution in [1.29, 1.82) is 0 Å². The molecule has 0 aliphatic rings. The number of rotatable bonds is 9. The minimum atomic E-state index is -0.810. The molecule has 0 aliphatic heterocycles. The lowest BCUT2D eigenvalue weighted by atomic mass is 9.92. The number of hydrogen-bond donors (Lipinski definition) is 3. The predicted octanol–water partition coefficient (Wildman–Crippen LogP) is 2.16. The molecule has 0 radical (unpaired) electrons. The van der Waals surface area contributed by atoms with Gasteiger partial charge in [-0.2, -0.15) is 0 Å². The van der Waals surface area contributed by atoms with Gasteiger partial charge in [-0.05, 0) is 24.7 Å². The van der Waals surface area contributed by atoms with Gasteiger partial charge < -0.3 is 15.7 Å². The molecule has 0 aromatic heterocycles. The number of carboxylic acid groups (broad SMARTS) is 1. The first-order valence-electron chi connectivity index (χ1n) is 7.37. The summed E-state index contributed by atoms with van der Waals surface area (Å²) >= 11 is 0. The Morgan fingerprint density at radius 2 is 1.75 bits per heavy atom. The second-order valence-corrected chi connectivity index (χ2v) is 6.80. The number of amides is 1. The topological polar surface area (TPSA) is 78.4 Å². The van der Waals surface area contributed by atoms with Crippen LogP contribution in [0.5, 0.6) is 0 Å². The molecule has 0 saturated carbocycles. The average Bonchev–Trinajstić information content (AvgIpc) is 2.23. The van der Waals surface area contributed by atoms with Gasteiger partial charge in [0.1, 0.15) is 6.04 Å². The standard InChI is InChI=1S/C15H30N2O3/c1-11(2)17-12(14(19)20)8-6-7-9-16-13(18)10-15(3,4)5/h11-12,17H,6-10H2,1-5H3,(H,16,18)(H,19,20)/t12-/m1/s1. The van der Waals surface area contributed by atoms with Crippen LogP contribution in [0.1, 0.15) is 60.3 Å². The average molecular weight is 286 g/mol. The summed E-state index contributed by atoms with van der Waals surface area (Å²) in [6.07, 6.45) is 2.69. The Morgan fingerprint density at radius 1 is 1.15 bits per heavy atom. The molecular weight excluding hydrogens is 256 g/mol. The molecule has 1 atom stereocenters. The van der Waals surface area contributed by atoms with Crippen molar-refractivity contribution in [2.45, 2.75) is 72.4 Å². The van der Waals surface area contributed by atoms with Crippen molar-refractivity contribution >= 4 is 11.9 Å². The summed E-state index contributed by atoms with van der Waals surface area (Å²) in [5.74, 6) is -0.747. The molecule has 5 nitrogen and oxygen atoms in total. The third-order valence-corrected chi connectivity index (χ3v) is 2.77. The number of carbonyl (C=O) groups excluding carboxylic acids is 1. The van der Waals surface area contributed by atoms with Gasteiger partial charge in [0.25, 0.3) is 0 Å². The predicted molar refractivity (Wildman–Crippen MR) is 80.6 cm³/mol. The van der Waals surface area contributed by atoms with E-state index in [0.29, 0.717) is 19.4 Å². The van der Waals surface area contributed by atoms with Crippen LogP contribution in [0.15, 0.2) is 0 Å². The summed E-state index contributed by atoms with van der Waals surface area (Å²) in [5.41, 5.74) is -0.000327. The molecule has 0 aliphatic carbocycles. The van der Waals surface area contributed by atoms with Crippen LogP contribution in [-0.2, 0) is 9.59 Å². The van der Waals surface area contributed by atoms with Crippen molar-refractivity contribution in [3.05, 3.63) is 0 Å². The monoisotopic (exact) mass is 286 g/mol. The third-order valence-electron chi connectivity index (χ3n) is 2.77. The molecule has 118 valence electrons. The first-order valence-corrected chi connectivity index (χ1v) is 7.37. The molecule has 20 heavy (non-hydrogen) atoms. The molecule has 0 spiro atoms. The minimum absolute atomic E-state index is 0.000327. The van der Waals surface area contributed by atoms with Crippen LogP contribution in [0, 0.1) is 5.41 Å². The maximum atomic E-state index is 11.6. The highest BCUT2D eigenvalue weighted by molar-refractivity contribution is 5.76. The van der Waals surface area contributed by atoms with Gasteiger partial charge in [-0.3, -0.25) is 9.59 Å². The van der Waals surface area contributed by atoms with Crippen LogP contribution in [0.3, 0.4) is 0 Å². The summed E-state index contributed by atoms with van der Waals surface area (Å²) in [6, 6.07) is -0.345. The summed E-state index contributed by atoms with van der Waals surface area (Å²) < 4.78 is 0. The molecule has 0 fully saturated rings. The van der Waals surface area contributed by atoms with Crippen molar-refractivity contribution < 1.29 is 14.7 Å². The van der Waals surface area contributed by atoms with Gasteiger partial charge >= 0.3 is 5.97 Å². The minimum Gasteiger partial charge on any atom is -0.480 e. The van der Waals surface area contributed by atoms with Crippen molar-refractivity contribution in [3.63, 3.8) is 0 Å². The van der Waals surface area contributed by atoms with Gasteiger partial charge in [0, 0.05) is 19.0 Å². The molecular formula is C15H30N2O3. The molecule has 0 heterocycles. The van der Waals surface area contributed by atoms with Gasteiger partial charge in [-0.25, -0.2) is 0 Å². The molecule has 1 amide bonds. The SMILES string of the molecule is CC(C)N[C@H](CCCCNC(=O)CC(C)(C)C)C(=O)O. The largest absolute Gasteiger partial charge is 0.480 e. The molecule has 5 heteroatoms. The van der Waals surface area contributed by atoms with E-state index in [-0.39, 0.29) is 17.4 Å². The first kappa shape index (κ1) is 18.9. The van der Waals surface area contributed by atoms with E-state index in [1.54, 1.807) is 0 Å². The number of carboxylic acids is 1. The van der Waals surface area contributed by atoms with Gasteiger partial charge in [0.05, 0.1) is 0 Å². The van der Waals surface area contributed by atoms with Crippen molar-refractivity contribution in [3.8, 4) is 0 Å². The number of unbranched alkanes of at least 4 members (excludes halogenated alkanes) is 1. The second-order valence-electron chi connectivity index (χ2n) is 6.80. The number of carbonyl (C=O) groups is 2. The summed E-state index contributed by atoms with van der Waals surface area (Å²) in [5, 5.41) is 15.0. The maximum absolute atomic E-state index is 11.6. The lowest BCUT2D eigenvalue weighted by Crippen LogP contribution is -2.40. The highest BCUT2D eigenvalue weighted by atomic mass is 16.4. The third kappa shape index (κ3) is 10.8. The van der Waals surface area contributed by atoms with E-state index in [1.807, 2.05) is 34.6 Å². The number of nitrogens with one attached hydrogen (secondary N) is 2. The molecule has 0 unspecified atom stereocenters. The van der Waals surface area contributed by atoms with Crippen molar-refractivity contribution in [2.24, 2.45) is 5.41 Å². The van der Waals surface area contributed by atoms with E-state index in [4.69, 9.17) is 5.11 Å². The normalized spacial score (nSPS) is 13.3. The van der Waals surface area contributed by atoms with Crippen LogP contribution in [-0.4, -0.2) is 35.6 Å². The molecule has 3 N–H and O–H groups in total. The number of hydrogen-bond acceptors (Lipinski definition) is 3. The zero-order valence-corrected chi connectivity index (χ0v) is 13.5. The van der Waals surface area contributed by atoms with E-state index < -0.39 is 12.0 Å². The van der Waals surface area contributed by atoms with Gasteiger partial charge in [-0.15, -0.1) is 0 Å².